The third-order valence-corrected chi connectivity index (χ3v) is 2.63. The Balaban J connectivity index is 2.40. The first-order chi connectivity index (χ1) is 9.36. The Morgan fingerprint density at radius 3 is 2.25 bits per heavy atom. The van der Waals surface area contributed by atoms with Gasteiger partial charge in [-0.3, -0.25) is 9.59 Å². The van der Waals surface area contributed by atoms with Crippen LogP contribution in [0.15, 0.2) is 18.2 Å². The number of ether oxygens (including phenoxy) is 1. The second kappa shape index (κ2) is 7.87. The normalized spacial score (nSPS) is 9.95. The van der Waals surface area contributed by atoms with Crippen LogP contribution in [0.25, 0.3) is 0 Å². The number of rotatable bonds is 6. The van der Waals surface area contributed by atoms with Gasteiger partial charge >= 0.3 is 5.97 Å². The fourth-order valence-corrected chi connectivity index (χ4v) is 1.85. The largest absolute Gasteiger partial charge is 0.456 e. The first kappa shape index (κ1) is 16.5. The van der Waals surface area contributed by atoms with Crippen molar-refractivity contribution in [3.8, 4) is 0 Å². The number of Topliss-reactive ketones (excluding diaryl/α,β-unsaturated/α-hetero) is 1. The maximum atomic E-state index is 11.5. The second-order valence-electron chi connectivity index (χ2n) is 4.07. The molecule has 0 aliphatic carbocycles. The summed E-state index contributed by atoms with van der Waals surface area (Å²) in [7, 11) is 0. The van der Waals surface area contributed by atoms with Gasteiger partial charge in [0, 0.05) is 22.2 Å². The number of benzene rings is 1. The van der Waals surface area contributed by atoms with Crippen LogP contribution in [0.2, 0.25) is 10.0 Å². The number of nitrogens with one attached hydrogen (secondary N) is 1. The second-order valence-corrected chi connectivity index (χ2v) is 4.94. The van der Waals surface area contributed by atoms with Gasteiger partial charge in [-0.2, -0.15) is 0 Å². The summed E-state index contributed by atoms with van der Waals surface area (Å²) in [5, 5.41) is 3.25. The van der Waals surface area contributed by atoms with E-state index in [9.17, 15) is 14.4 Å². The molecule has 0 saturated heterocycles. The lowest BCUT2D eigenvalue weighted by molar-refractivity contribution is -0.148. The van der Waals surface area contributed by atoms with E-state index in [1.165, 1.54) is 25.1 Å². The molecule has 0 fully saturated rings. The minimum atomic E-state index is -0.598. The van der Waals surface area contributed by atoms with Crippen molar-refractivity contribution in [3.05, 3.63) is 28.2 Å². The molecule has 0 atom stereocenters. The van der Waals surface area contributed by atoms with Gasteiger partial charge in [-0.05, 0) is 25.1 Å². The maximum absolute atomic E-state index is 11.5. The summed E-state index contributed by atoms with van der Waals surface area (Å²) in [4.78, 5) is 33.4. The summed E-state index contributed by atoms with van der Waals surface area (Å²) in [5.74, 6) is -1.22. The van der Waals surface area contributed by atoms with Crippen molar-refractivity contribution in [1.29, 1.82) is 0 Å². The summed E-state index contributed by atoms with van der Waals surface area (Å²) in [6.45, 7) is 0.948. The van der Waals surface area contributed by atoms with Crippen molar-refractivity contribution < 1.29 is 19.1 Å². The highest BCUT2D eigenvalue weighted by Crippen LogP contribution is 2.22. The van der Waals surface area contributed by atoms with Gasteiger partial charge in [0.1, 0.15) is 5.78 Å². The molecule has 1 aromatic carbocycles. The van der Waals surface area contributed by atoms with E-state index >= 15 is 0 Å². The molecule has 1 aromatic rings. The van der Waals surface area contributed by atoms with Crippen LogP contribution in [-0.4, -0.2) is 24.3 Å². The molecule has 1 rings (SSSR count). The van der Waals surface area contributed by atoms with E-state index in [0.717, 1.165) is 0 Å². The Labute approximate surface area is 126 Å². The summed E-state index contributed by atoms with van der Waals surface area (Å²) >= 11 is 11.6. The molecule has 1 amide bonds. The Morgan fingerprint density at radius 1 is 1.10 bits per heavy atom. The van der Waals surface area contributed by atoms with Gasteiger partial charge in [0.25, 0.3) is 5.91 Å². The molecular weight excluding hydrogens is 305 g/mol. The highest BCUT2D eigenvalue weighted by Gasteiger charge is 2.09. The first-order valence-corrected chi connectivity index (χ1v) is 6.53. The highest BCUT2D eigenvalue weighted by molar-refractivity contribution is 6.35. The van der Waals surface area contributed by atoms with Gasteiger partial charge < -0.3 is 14.8 Å². The van der Waals surface area contributed by atoms with E-state index in [1.807, 2.05) is 0 Å². The topological polar surface area (TPSA) is 72.5 Å². The lowest BCUT2D eigenvalue weighted by atomic mass is 10.2. The van der Waals surface area contributed by atoms with Crippen molar-refractivity contribution in [2.45, 2.75) is 19.8 Å². The molecule has 108 valence electrons. The Hall–Kier alpha value is -1.59. The van der Waals surface area contributed by atoms with E-state index < -0.39 is 18.5 Å². The fraction of sp³-hybridized carbons (Fsp3) is 0.308. The molecule has 1 N–H and O–H groups in total. The van der Waals surface area contributed by atoms with Crippen LogP contribution in [0.1, 0.15) is 19.8 Å². The number of amides is 1. The number of hydrogen-bond acceptors (Lipinski definition) is 4. The molecule has 0 bridgehead atoms. The molecular formula is C13H13Cl2NO4. The van der Waals surface area contributed by atoms with Gasteiger partial charge in [-0.1, -0.05) is 23.2 Å². The molecule has 0 radical (unpaired) electrons. The third kappa shape index (κ3) is 6.54. The van der Waals surface area contributed by atoms with E-state index in [1.54, 1.807) is 0 Å². The minimum absolute atomic E-state index is 0.0361. The summed E-state index contributed by atoms with van der Waals surface area (Å²) in [6.07, 6.45) is 0.0654. The number of carbonyl (C=O) groups is 3. The van der Waals surface area contributed by atoms with Gasteiger partial charge in [0.05, 0.1) is 6.42 Å². The Morgan fingerprint density at radius 2 is 1.70 bits per heavy atom. The summed E-state index contributed by atoms with van der Waals surface area (Å²) in [5.41, 5.74) is 0.410. The van der Waals surface area contributed by atoms with Crippen LogP contribution in [0.3, 0.4) is 0 Å². The molecule has 5 nitrogen and oxygen atoms in total. The van der Waals surface area contributed by atoms with Crippen molar-refractivity contribution in [1.82, 2.24) is 0 Å². The zero-order valence-corrected chi connectivity index (χ0v) is 12.3. The Bertz CT molecular complexity index is 511. The summed E-state index contributed by atoms with van der Waals surface area (Å²) in [6, 6.07) is 4.56. The smallest absolute Gasteiger partial charge is 0.306 e. The molecule has 0 aromatic heterocycles. The van der Waals surface area contributed by atoms with E-state index in [2.05, 4.69) is 5.32 Å². The fourth-order valence-electron chi connectivity index (χ4n) is 1.32. The van der Waals surface area contributed by atoms with Crippen LogP contribution < -0.4 is 5.32 Å². The number of hydrogen-bond donors (Lipinski definition) is 1. The molecule has 0 saturated carbocycles. The quantitative estimate of drug-likeness (QED) is 0.819. The van der Waals surface area contributed by atoms with Crippen LogP contribution >= 0.6 is 23.2 Å². The lowest BCUT2D eigenvalue weighted by Gasteiger charge is -2.07. The van der Waals surface area contributed by atoms with Gasteiger partial charge in [0.2, 0.25) is 0 Å². The van der Waals surface area contributed by atoms with E-state index in [4.69, 9.17) is 27.9 Å². The predicted molar refractivity (Wildman–Crippen MR) is 76.0 cm³/mol. The number of anilines is 1. The number of ketones is 1. The average molecular weight is 318 g/mol. The van der Waals surface area contributed by atoms with Crippen molar-refractivity contribution in [2.75, 3.05) is 11.9 Å². The molecule has 0 unspecified atom stereocenters. The van der Waals surface area contributed by atoms with E-state index in [-0.39, 0.29) is 18.6 Å². The first-order valence-electron chi connectivity index (χ1n) is 5.78. The molecule has 0 heterocycles. The van der Waals surface area contributed by atoms with Crippen LogP contribution in [-0.2, 0) is 19.1 Å². The average Bonchev–Trinajstić information content (AvgIpc) is 2.32. The standard InChI is InChI=1S/C13H13Cl2NO4/c1-8(17)2-3-13(19)20-7-12(18)16-11-5-9(14)4-10(15)6-11/h4-6H,2-3,7H2,1H3,(H,16,18). The molecule has 20 heavy (non-hydrogen) atoms. The Kier molecular flexibility index (Phi) is 6.48. The molecule has 0 aliphatic heterocycles. The van der Waals surface area contributed by atoms with Crippen molar-refractivity contribution >= 4 is 46.5 Å². The van der Waals surface area contributed by atoms with Crippen LogP contribution in [0, 0.1) is 0 Å². The maximum Gasteiger partial charge on any atom is 0.306 e. The number of carbonyl (C=O) groups excluding carboxylic acids is 3. The predicted octanol–water partition coefficient (Wildman–Crippen LogP) is 2.84. The third-order valence-electron chi connectivity index (χ3n) is 2.19. The van der Waals surface area contributed by atoms with Crippen LogP contribution in [0.4, 0.5) is 5.69 Å². The zero-order valence-electron chi connectivity index (χ0n) is 10.7. The molecule has 7 heteroatoms. The van der Waals surface area contributed by atoms with Crippen LogP contribution in [0.5, 0.6) is 0 Å². The van der Waals surface area contributed by atoms with Crippen molar-refractivity contribution in [2.24, 2.45) is 0 Å². The van der Waals surface area contributed by atoms with E-state index in [0.29, 0.717) is 15.7 Å². The van der Waals surface area contributed by atoms with Gasteiger partial charge in [-0.25, -0.2) is 0 Å². The lowest BCUT2D eigenvalue weighted by Crippen LogP contribution is -2.21. The molecule has 0 spiro atoms. The monoisotopic (exact) mass is 317 g/mol. The SMILES string of the molecule is CC(=O)CCC(=O)OCC(=O)Nc1cc(Cl)cc(Cl)c1. The summed E-state index contributed by atoms with van der Waals surface area (Å²) < 4.78 is 4.72. The number of halogens is 2. The van der Waals surface area contributed by atoms with Gasteiger partial charge in [0.15, 0.2) is 6.61 Å². The van der Waals surface area contributed by atoms with Crippen molar-refractivity contribution in [3.63, 3.8) is 0 Å². The highest BCUT2D eigenvalue weighted by atomic mass is 35.5. The minimum Gasteiger partial charge on any atom is -0.456 e. The molecule has 0 aliphatic rings. The zero-order chi connectivity index (χ0) is 15.1. The number of esters is 1. The van der Waals surface area contributed by atoms with Gasteiger partial charge in [-0.15, -0.1) is 0 Å².